The molecule has 5 nitrogen and oxygen atoms in total. The fraction of sp³-hybridized carbons (Fsp3) is 0.759. The smallest absolute Gasteiger partial charge is 0.306 e. The summed E-state index contributed by atoms with van der Waals surface area (Å²) in [6.45, 7) is 4.05. The summed E-state index contributed by atoms with van der Waals surface area (Å²) >= 11 is 0. The molecular formula is C83H146O5. The number of rotatable bonds is 71. The van der Waals surface area contributed by atoms with E-state index in [0.717, 1.165) is 89.9 Å². The van der Waals surface area contributed by atoms with Crippen molar-refractivity contribution in [3.05, 3.63) is 109 Å². The molecule has 0 aliphatic carbocycles. The Balaban J connectivity index is 3.42. The molecule has 0 heterocycles. The van der Waals surface area contributed by atoms with Gasteiger partial charge in [0.2, 0.25) is 0 Å². The Hall–Kier alpha value is -3.44. The van der Waals surface area contributed by atoms with Gasteiger partial charge >= 0.3 is 11.9 Å². The van der Waals surface area contributed by atoms with Gasteiger partial charge in [0.1, 0.15) is 6.61 Å². The van der Waals surface area contributed by atoms with E-state index in [-0.39, 0.29) is 25.2 Å². The molecule has 5 heteroatoms. The van der Waals surface area contributed by atoms with E-state index in [2.05, 4.69) is 123 Å². The average Bonchev–Trinajstić information content (AvgIpc) is 3.56. The van der Waals surface area contributed by atoms with E-state index in [1.165, 1.54) is 270 Å². The van der Waals surface area contributed by atoms with Crippen molar-refractivity contribution in [3.63, 3.8) is 0 Å². The van der Waals surface area contributed by atoms with Crippen LogP contribution >= 0.6 is 0 Å². The molecule has 508 valence electrons. The second-order valence-electron chi connectivity index (χ2n) is 25.7. The zero-order valence-corrected chi connectivity index (χ0v) is 58.5. The van der Waals surface area contributed by atoms with Crippen molar-refractivity contribution in [3.8, 4) is 0 Å². The lowest BCUT2D eigenvalue weighted by molar-refractivity contribution is -0.161. The highest BCUT2D eigenvalue weighted by Crippen LogP contribution is 2.19. The zero-order valence-electron chi connectivity index (χ0n) is 58.5. The molecule has 0 aromatic rings. The van der Waals surface area contributed by atoms with Crippen LogP contribution in [0.25, 0.3) is 0 Å². The molecule has 0 aliphatic heterocycles. The van der Waals surface area contributed by atoms with Crippen LogP contribution in [0, 0.1) is 0 Å². The maximum Gasteiger partial charge on any atom is 0.306 e. The number of aliphatic hydroxyl groups excluding tert-OH is 1. The van der Waals surface area contributed by atoms with Gasteiger partial charge in [0, 0.05) is 12.8 Å². The number of ether oxygens (including phenoxy) is 2. The van der Waals surface area contributed by atoms with Gasteiger partial charge in [-0.15, -0.1) is 0 Å². The maximum absolute atomic E-state index is 12.4. The first-order valence-electron chi connectivity index (χ1n) is 38.4. The van der Waals surface area contributed by atoms with Gasteiger partial charge in [0.15, 0.2) is 6.10 Å². The standard InChI is InChI=1S/C83H146O5/c1-3-5-7-9-11-13-15-17-19-21-23-25-27-29-31-33-35-37-38-39-40-41-42-43-44-46-47-49-51-53-55-57-59-61-63-65-67-69-71-73-75-77-82(85)87-80-81(79-84)88-83(86)78-76-74-72-70-68-66-64-62-60-58-56-54-52-50-48-45-36-34-32-30-28-26-24-22-20-18-16-14-12-10-8-6-4-2/h6,8,12,14-15,17-18,20-21,23-24,26-27,29-30,32,36,45,81,84H,3-5,7,9-11,13,16,19,22,25,28,31,33-35,37-44,46-80H2,1-2H3/b8-6-,14-12-,17-15-,20-18-,23-21-,26-24-,29-27-,32-30-,45-36-. The Labute approximate surface area is 548 Å². The van der Waals surface area contributed by atoms with Crippen molar-refractivity contribution >= 4 is 11.9 Å². The minimum Gasteiger partial charge on any atom is -0.462 e. The Morgan fingerprint density at radius 2 is 0.489 bits per heavy atom. The van der Waals surface area contributed by atoms with Crippen molar-refractivity contribution in [1.82, 2.24) is 0 Å². The normalized spacial score (nSPS) is 12.8. The van der Waals surface area contributed by atoms with E-state index in [9.17, 15) is 14.7 Å². The predicted molar refractivity (Wildman–Crippen MR) is 389 cm³/mol. The lowest BCUT2D eigenvalue weighted by Crippen LogP contribution is -2.28. The SMILES string of the molecule is CC/C=C\C/C=C\C/C=C\C/C=C\C/C=C\C/C=C\CCCCCCCCCCCCCCCCC(=O)OC(CO)COC(=O)CCCCCCCCCCCCCCCCCCCCCCCCCCCC/C=C\C/C=C\C/C=C\CCCCCCC. The van der Waals surface area contributed by atoms with Crippen LogP contribution in [-0.2, 0) is 19.1 Å². The topological polar surface area (TPSA) is 72.8 Å². The van der Waals surface area contributed by atoms with Gasteiger partial charge < -0.3 is 14.6 Å². The van der Waals surface area contributed by atoms with Crippen LogP contribution in [0.3, 0.4) is 0 Å². The monoisotopic (exact) mass is 1220 g/mol. The first kappa shape index (κ1) is 84.6. The van der Waals surface area contributed by atoms with Crippen molar-refractivity contribution in [2.75, 3.05) is 13.2 Å². The number of esters is 2. The van der Waals surface area contributed by atoms with Crippen LogP contribution in [0.4, 0.5) is 0 Å². The number of hydrogen-bond donors (Lipinski definition) is 1. The molecule has 0 spiro atoms. The van der Waals surface area contributed by atoms with Crippen LogP contribution < -0.4 is 0 Å². The summed E-state index contributed by atoms with van der Waals surface area (Å²) in [5.41, 5.74) is 0. The third-order valence-electron chi connectivity index (χ3n) is 17.1. The highest BCUT2D eigenvalue weighted by Gasteiger charge is 2.16. The molecule has 88 heavy (non-hydrogen) atoms. The summed E-state index contributed by atoms with van der Waals surface area (Å²) in [6, 6.07) is 0. The third kappa shape index (κ3) is 75.0. The average molecular weight is 1220 g/mol. The summed E-state index contributed by atoms with van der Waals surface area (Å²) in [7, 11) is 0. The van der Waals surface area contributed by atoms with Gasteiger partial charge in [-0.1, -0.05) is 380 Å². The third-order valence-corrected chi connectivity index (χ3v) is 17.1. The molecule has 0 rings (SSSR count). The number of aliphatic hydroxyl groups is 1. The summed E-state index contributed by atoms with van der Waals surface area (Å²) in [5.74, 6) is -0.576. The highest BCUT2D eigenvalue weighted by molar-refractivity contribution is 5.70. The number of unbranched alkanes of at least 4 members (excludes halogenated alkanes) is 45. The molecule has 1 atom stereocenters. The Morgan fingerprint density at radius 3 is 0.739 bits per heavy atom. The van der Waals surface area contributed by atoms with Gasteiger partial charge in [0.05, 0.1) is 6.61 Å². The first-order valence-corrected chi connectivity index (χ1v) is 38.4. The molecule has 0 saturated heterocycles. The summed E-state index contributed by atoms with van der Waals surface area (Å²) in [4.78, 5) is 24.7. The molecule has 0 radical (unpaired) electrons. The van der Waals surface area contributed by atoms with E-state index in [4.69, 9.17) is 9.47 Å². The predicted octanol–water partition coefficient (Wildman–Crippen LogP) is 27.1. The van der Waals surface area contributed by atoms with E-state index >= 15 is 0 Å². The number of hydrogen-bond acceptors (Lipinski definition) is 5. The Bertz CT molecular complexity index is 1670. The molecule has 0 aliphatic rings. The van der Waals surface area contributed by atoms with Crippen molar-refractivity contribution < 1.29 is 24.2 Å². The van der Waals surface area contributed by atoms with Crippen LogP contribution in [0.5, 0.6) is 0 Å². The Kier molecular flexibility index (Phi) is 74.8. The molecule has 0 aromatic carbocycles. The van der Waals surface area contributed by atoms with Gasteiger partial charge in [0.25, 0.3) is 0 Å². The summed E-state index contributed by atoms with van der Waals surface area (Å²) in [5, 5.41) is 9.72. The lowest BCUT2D eigenvalue weighted by atomic mass is 10.0. The highest BCUT2D eigenvalue weighted by atomic mass is 16.6. The number of allylic oxidation sites excluding steroid dienone is 18. The minimum atomic E-state index is -0.777. The van der Waals surface area contributed by atoms with Gasteiger partial charge in [-0.2, -0.15) is 0 Å². The van der Waals surface area contributed by atoms with Crippen molar-refractivity contribution in [2.45, 2.75) is 392 Å². The van der Waals surface area contributed by atoms with E-state index in [0.29, 0.717) is 12.8 Å². The Morgan fingerprint density at radius 1 is 0.273 bits per heavy atom. The van der Waals surface area contributed by atoms with Crippen LogP contribution in [-0.4, -0.2) is 36.4 Å². The maximum atomic E-state index is 12.4. The molecule has 1 unspecified atom stereocenters. The van der Waals surface area contributed by atoms with E-state index in [1.807, 2.05) is 0 Å². The lowest BCUT2D eigenvalue weighted by Gasteiger charge is -2.15. The van der Waals surface area contributed by atoms with Crippen molar-refractivity contribution in [2.24, 2.45) is 0 Å². The fourth-order valence-corrected chi connectivity index (χ4v) is 11.3. The molecule has 0 aromatic heterocycles. The summed E-state index contributed by atoms with van der Waals surface area (Å²) < 4.78 is 10.8. The van der Waals surface area contributed by atoms with Crippen molar-refractivity contribution in [1.29, 1.82) is 0 Å². The second kappa shape index (κ2) is 77.8. The largest absolute Gasteiger partial charge is 0.462 e. The molecule has 1 N–H and O–H groups in total. The second-order valence-corrected chi connectivity index (χ2v) is 25.7. The van der Waals surface area contributed by atoms with E-state index in [1.54, 1.807) is 0 Å². The first-order chi connectivity index (χ1) is 43.6. The molecule has 0 fully saturated rings. The number of carbonyl (C=O) groups excluding carboxylic acids is 2. The van der Waals surface area contributed by atoms with Crippen LogP contribution in [0.1, 0.15) is 386 Å². The van der Waals surface area contributed by atoms with Crippen LogP contribution in [0.2, 0.25) is 0 Å². The zero-order chi connectivity index (χ0) is 63.3. The van der Waals surface area contributed by atoms with Gasteiger partial charge in [-0.25, -0.2) is 0 Å². The summed E-state index contributed by atoms with van der Waals surface area (Å²) in [6.07, 6.45) is 113. The van der Waals surface area contributed by atoms with Gasteiger partial charge in [-0.3, -0.25) is 9.59 Å². The van der Waals surface area contributed by atoms with E-state index < -0.39 is 6.10 Å². The molecule has 0 bridgehead atoms. The molecule has 0 saturated carbocycles. The molecule has 0 amide bonds. The minimum absolute atomic E-state index is 0.0653. The molecular weight excluding hydrogens is 1080 g/mol. The van der Waals surface area contributed by atoms with Gasteiger partial charge in [-0.05, 0) is 103 Å². The van der Waals surface area contributed by atoms with Crippen LogP contribution in [0.15, 0.2) is 109 Å². The number of carbonyl (C=O) groups is 2. The fourth-order valence-electron chi connectivity index (χ4n) is 11.3. The quantitative estimate of drug-likeness (QED) is 0.0373.